The number of rotatable bonds is 3. The molecule has 0 aliphatic heterocycles. The molecule has 0 spiro atoms. The van der Waals surface area contributed by atoms with Crippen molar-refractivity contribution in [1.29, 1.82) is 0 Å². The van der Waals surface area contributed by atoms with Crippen LogP contribution in [-0.4, -0.2) is 0 Å². The minimum absolute atomic E-state index is 0.176. The molecule has 0 heterocycles. The minimum Gasteiger partial charge on any atom is -0.0654 e. The van der Waals surface area contributed by atoms with Crippen LogP contribution in [0.1, 0.15) is 62.8 Å². The first kappa shape index (κ1) is 17.9. The molecule has 0 fully saturated rings. The van der Waals surface area contributed by atoms with Crippen molar-refractivity contribution in [3.05, 3.63) is 70.8 Å². The molecule has 0 bridgehead atoms. The fourth-order valence-electron chi connectivity index (χ4n) is 2.40. The monoisotopic (exact) mass is 314 g/mol. The van der Waals surface area contributed by atoms with Gasteiger partial charge in [-0.1, -0.05) is 70.2 Å². The van der Waals surface area contributed by atoms with Crippen LogP contribution >= 0.6 is 0 Å². The van der Waals surface area contributed by atoms with E-state index in [-0.39, 0.29) is 5.41 Å². The van der Waals surface area contributed by atoms with E-state index in [9.17, 15) is 0 Å². The number of unbranched alkanes of at least 4 members (excludes halogenated alkanes) is 1. The van der Waals surface area contributed by atoms with Crippen LogP contribution < -0.4 is 0 Å². The first-order valence-corrected chi connectivity index (χ1v) is 8.70. The first-order valence-electron chi connectivity index (χ1n) is 8.70. The molecule has 2 aromatic carbocycles. The predicted molar refractivity (Wildman–Crippen MR) is 104 cm³/mol. The molecule has 24 heavy (non-hydrogen) atoms. The zero-order valence-electron chi connectivity index (χ0n) is 15.2. The Morgan fingerprint density at radius 3 is 1.71 bits per heavy atom. The smallest absolute Gasteiger partial charge is 0.0255 e. The predicted octanol–water partition coefficient (Wildman–Crippen LogP) is 5.73. The van der Waals surface area contributed by atoms with Crippen molar-refractivity contribution in [2.45, 2.75) is 52.4 Å². The first-order chi connectivity index (χ1) is 11.5. The van der Waals surface area contributed by atoms with E-state index >= 15 is 0 Å². The summed E-state index contributed by atoms with van der Waals surface area (Å²) >= 11 is 0. The van der Waals surface area contributed by atoms with Crippen LogP contribution in [-0.2, 0) is 11.8 Å². The second-order valence-corrected chi connectivity index (χ2v) is 7.13. The molecular weight excluding hydrogens is 288 g/mol. The summed E-state index contributed by atoms with van der Waals surface area (Å²) in [5, 5.41) is 0. The standard InChI is InChI=1S/C24H26/c1-5-6-9-20-12-14-21(15-13-20)10-7-8-11-22-16-18-23(19-17-22)24(2,3)4/h12-19H,5-6,9H2,1-4H3. The van der Waals surface area contributed by atoms with Crippen LogP contribution in [0.4, 0.5) is 0 Å². The molecule has 0 aliphatic carbocycles. The van der Waals surface area contributed by atoms with Crippen molar-refractivity contribution < 1.29 is 0 Å². The number of hydrogen-bond acceptors (Lipinski definition) is 0. The second kappa shape index (κ2) is 8.42. The highest BCUT2D eigenvalue weighted by molar-refractivity contribution is 5.45. The Balaban J connectivity index is 1.99. The van der Waals surface area contributed by atoms with Crippen molar-refractivity contribution in [1.82, 2.24) is 0 Å². The van der Waals surface area contributed by atoms with E-state index in [0.29, 0.717) is 0 Å². The van der Waals surface area contributed by atoms with Gasteiger partial charge in [-0.2, -0.15) is 0 Å². The topological polar surface area (TPSA) is 0 Å². The van der Waals surface area contributed by atoms with Gasteiger partial charge in [0.15, 0.2) is 0 Å². The number of benzene rings is 2. The van der Waals surface area contributed by atoms with Gasteiger partial charge in [-0.15, -0.1) is 0 Å². The van der Waals surface area contributed by atoms with Crippen LogP contribution in [0.5, 0.6) is 0 Å². The fourth-order valence-corrected chi connectivity index (χ4v) is 2.40. The van der Waals surface area contributed by atoms with Gasteiger partial charge in [-0.25, -0.2) is 0 Å². The Morgan fingerprint density at radius 2 is 1.25 bits per heavy atom. The highest BCUT2D eigenvalue weighted by atomic mass is 14.2. The maximum atomic E-state index is 3.11. The van der Waals surface area contributed by atoms with Crippen molar-refractivity contribution in [3.8, 4) is 23.7 Å². The van der Waals surface area contributed by atoms with E-state index in [1.807, 2.05) is 0 Å². The molecule has 2 aromatic rings. The summed E-state index contributed by atoms with van der Waals surface area (Å²) in [7, 11) is 0. The van der Waals surface area contributed by atoms with E-state index in [1.165, 1.54) is 24.0 Å². The second-order valence-electron chi connectivity index (χ2n) is 7.13. The van der Waals surface area contributed by atoms with Gasteiger partial charge in [0.05, 0.1) is 0 Å². The third-order valence-electron chi connectivity index (χ3n) is 4.00. The SMILES string of the molecule is CCCCc1ccc(C#CC#Cc2ccc(C(C)(C)C)cc2)cc1. The van der Waals surface area contributed by atoms with Crippen LogP contribution in [0, 0.1) is 23.7 Å². The molecule has 0 nitrogen and oxygen atoms in total. The molecule has 2 rings (SSSR count). The lowest BCUT2D eigenvalue weighted by Crippen LogP contribution is -2.10. The third-order valence-corrected chi connectivity index (χ3v) is 4.00. The number of hydrogen-bond donors (Lipinski definition) is 0. The largest absolute Gasteiger partial charge is 0.0654 e. The Hall–Kier alpha value is -2.44. The molecule has 0 N–H and O–H groups in total. The van der Waals surface area contributed by atoms with Crippen molar-refractivity contribution in [3.63, 3.8) is 0 Å². The summed E-state index contributed by atoms with van der Waals surface area (Å²) in [5.74, 6) is 12.1. The summed E-state index contributed by atoms with van der Waals surface area (Å²) in [6, 6.07) is 16.9. The minimum atomic E-state index is 0.176. The summed E-state index contributed by atoms with van der Waals surface area (Å²) in [5.41, 5.74) is 4.91. The van der Waals surface area contributed by atoms with Crippen LogP contribution in [0.15, 0.2) is 48.5 Å². The average Bonchev–Trinajstić information content (AvgIpc) is 2.57. The number of aryl methyl sites for hydroxylation is 1. The van der Waals surface area contributed by atoms with Crippen LogP contribution in [0.2, 0.25) is 0 Å². The van der Waals surface area contributed by atoms with Gasteiger partial charge in [0.25, 0.3) is 0 Å². The van der Waals surface area contributed by atoms with Gasteiger partial charge >= 0.3 is 0 Å². The lowest BCUT2D eigenvalue weighted by molar-refractivity contribution is 0.590. The van der Waals surface area contributed by atoms with Crippen LogP contribution in [0.3, 0.4) is 0 Å². The molecule has 0 saturated carbocycles. The molecular formula is C24H26. The van der Waals surface area contributed by atoms with Gasteiger partial charge in [-0.3, -0.25) is 0 Å². The van der Waals surface area contributed by atoms with Gasteiger partial charge in [0, 0.05) is 11.1 Å². The summed E-state index contributed by atoms with van der Waals surface area (Å²) < 4.78 is 0. The van der Waals surface area contributed by atoms with Gasteiger partial charge in [-0.05, 0) is 65.5 Å². The molecule has 0 saturated heterocycles. The third kappa shape index (κ3) is 5.64. The fraction of sp³-hybridized carbons (Fsp3) is 0.333. The quantitative estimate of drug-likeness (QED) is 0.635. The van der Waals surface area contributed by atoms with Crippen molar-refractivity contribution in [2.24, 2.45) is 0 Å². The molecule has 122 valence electrons. The summed E-state index contributed by atoms with van der Waals surface area (Å²) in [6.07, 6.45) is 3.62. The van der Waals surface area contributed by atoms with E-state index in [4.69, 9.17) is 0 Å². The van der Waals surface area contributed by atoms with Gasteiger partial charge < -0.3 is 0 Å². The van der Waals surface area contributed by atoms with E-state index in [1.54, 1.807) is 0 Å². The Kier molecular flexibility index (Phi) is 6.28. The lowest BCUT2D eigenvalue weighted by atomic mass is 9.87. The normalized spacial score (nSPS) is 10.3. The molecule has 0 aliphatic rings. The maximum absolute atomic E-state index is 3.11. The lowest BCUT2D eigenvalue weighted by Gasteiger charge is -2.18. The van der Waals surface area contributed by atoms with Crippen LogP contribution in [0.25, 0.3) is 0 Å². The molecule has 0 amide bonds. The van der Waals surface area contributed by atoms with Gasteiger partial charge in [0.2, 0.25) is 0 Å². The Labute approximate surface area is 147 Å². The molecule has 0 atom stereocenters. The zero-order chi connectivity index (χ0) is 17.4. The Bertz CT molecular complexity index is 761. The van der Waals surface area contributed by atoms with Crippen molar-refractivity contribution in [2.75, 3.05) is 0 Å². The van der Waals surface area contributed by atoms with E-state index in [0.717, 1.165) is 17.5 Å². The highest BCUT2D eigenvalue weighted by Crippen LogP contribution is 2.21. The molecule has 0 heteroatoms. The molecule has 0 aromatic heterocycles. The summed E-state index contributed by atoms with van der Waals surface area (Å²) in [4.78, 5) is 0. The average molecular weight is 314 g/mol. The zero-order valence-corrected chi connectivity index (χ0v) is 15.2. The van der Waals surface area contributed by atoms with E-state index in [2.05, 4.69) is 99.9 Å². The molecule has 0 unspecified atom stereocenters. The maximum Gasteiger partial charge on any atom is 0.0255 e. The summed E-state index contributed by atoms with van der Waals surface area (Å²) in [6.45, 7) is 8.86. The van der Waals surface area contributed by atoms with Gasteiger partial charge in [0.1, 0.15) is 0 Å². The van der Waals surface area contributed by atoms with Crippen molar-refractivity contribution >= 4 is 0 Å². The Morgan fingerprint density at radius 1 is 0.750 bits per heavy atom. The molecule has 0 radical (unpaired) electrons. The van der Waals surface area contributed by atoms with E-state index < -0.39 is 0 Å². The highest BCUT2D eigenvalue weighted by Gasteiger charge is 2.12.